The van der Waals surface area contributed by atoms with Crippen molar-refractivity contribution in [3.63, 3.8) is 0 Å². The molecule has 0 saturated carbocycles. The molecule has 0 spiro atoms. The fourth-order valence-electron chi connectivity index (χ4n) is 2.45. The minimum absolute atomic E-state index is 0.139. The van der Waals surface area contributed by atoms with Gasteiger partial charge in [0.1, 0.15) is 0 Å². The number of hydrogen-bond donors (Lipinski definition) is 1. The zero-order chi connectivity index (χ0) is 14.2. The Bertz CT molecular complexity index is 410. The predicted molar refractivity (Wildman–Crippen MR) is 81.4 cm³/mol. The van der Waals surface area contributed by atoms with Crippen LogP contribution in [0.3, 0.4) is 0 Å². The van der Waals surface area contributed by atoms with Crippen molar-refractivity contribution in [3.8, 4) is 0 Å². The zero-order valence-corrected chi connectivity index (χ0v) is 11.8. The van der Waals surface area contributed by atoms with E-state index in [1.54, 1.807) is 0 Å². The third-order valence-corrected chi connectivity index (χ3v) is 3.46. The van der Waals surface area contributed by atoms with Gasteiger partial charge >= 0.3 is 0 Å². The minimum atomic E-state index is -0.139. The predicted octanol–water partition coefficient (Wildman–Crippen LogP) is 3.07. The Hall–Kier alpha value is -1.42. The summed E-state index contributed by atoms with van der Waals surface area (Å²) in [4.78, 5) is 0. The lowest BCUT2D eigenvalue weighted by Crippen LogP contribution is -2.40. The molecule has 0 radical (unpaired) electrons. The van der Waals surface area contributed by atoms with Crippen LogP contribution in [0.1, 0.15) is 18.0 Å². The summed E-state index contributed by atoms with van der Waals surface area (Å²) in [6, 6.07) is 10.6. The average molecular weight is 273 g/mol. The summed E-state index contributed by atoms with van der Waals surface area (Å²) < 4.78 is 11.5. The largest absolute Gasteiger partial charge is 0.352 e. The summed E-state index contributed by atoms with van der Waals surface area (Å²) in [6.07, 6.45) is 4.30. The van der Waals surface area contributed by atoms with Crippen molar-refractivity contribution in [1.82, 2.24) is 5.32 Å². The Morgan fingerprint density at radius 1 is 1.15 bits per heavy atom. The molecule has 0 amide bonds. The van der Waals surface area contributed by atoms with Gasteiger partial charge in [-0.25, -0.2) is 0 Å². The van der Waals surface area contributed by atoms with Gasteiger partial charge in [0, 0.05) is 24.9 Å². The summed E-state index contributed by atoms with van der Waals surface area (Å²) in [5.41, 5.74) is 1.26. The first kappa shape index (κ1) is 15.0. The third-order valence-electron chi connectivity index (χ3n) is 3.46. The lowest BCUT2D eigenvalue weighted by Gasteiger charge is -2.34. The number of nitrogens with one attached hydrogen (secondary N) is 1. The molecule has 1 aliphatic rings. The number of rotatable bonds is 7. The Morgan fingerprint density at radius 3 is 2.45 bits per heavy atom. The van der Waals surface area contributed by atoms with Crippen LogP contribution in [-0.4, -0.2) is 26.0 Å². The van der Waals surface area contributed by atoms with Crippen LogP contribution in [0.4, 0.5) is 0 Å². The van der Waals surface area contributed by atoms with E-state index >= 15 is 0 Å². The van der Waals surface area contributed by atoms with E-state index in [-0.39, 0.29) is 12.3 Å². The van der Waals surface area contributed by atoms with Gasteiger partial charge in [0.25, 0.3) is 0 Å². The van der Waals surface area contributed by atoms with Gasteiger partial charge < -0.3 is 14.8 Å². The average Bonchev–Trinajstić information content (AvgIpc) is 2.51. The smallest absolute Gasteiger partial charge is 0.160 e. The van der Waals surface area contributed by atoms with Gasteiger partial charge in [0.2, 0.25) is 0 Å². The van der Waals surface area contributed by atoms with Crippen molar-refractivity contribution >= 4 is 0 Å². The van der Waals surface area contributed by atoms with Crippen molar-refractivity contribution in [2.24, 2.45) is 5.92 Å². The topological polar surface area (TPSA) is 30.5 Å². The highest BCUT2D eigenvalue weighted by molar-refractivity contribution is 5.20. The molecule has 3 heteroatoms. The van der Waals surface area contributed by atoms with Gasteiger partial charge in [-0.05, 0) is 5.56 Å². The molecule has 1 N–H and O–H groups in total. The Balaban J connectivity index is 2.01. The maximum absolute atomic E-state index is 5.75. The molecule has 0 aromatic heterocycles. The lowest BCUT2D eigenvalue weighted by atomic mass is 9.93. The normalized spacial score (nSPS) is 24.0. The molecule has 1 fully saturated rings. The van der Waals surface area contributed by atoms with Crippen molar-refractivity contribution in [3.05, 3.63) is 61.2 Å². The van der Waals surface area contributed by atoms with E-state index in [0.717, 1.165) is 13.0 Å². The van der Waals surface area contributed by atoms with E-state index in [1.807, 2.05) is 18.2 Å². The van der Waals surface area contributed by atoms with E-state index in [4.69, 9.17) is 9.47 Å². The molecule has 1 saturated heterocycles. The Kier molecular flexibility index (Phi) is 5.99. The van der Waals surface area contributed by atoms with Gasteiger partial charge in [0.05, 0.1) is 13.2 Å². The van der Waals surface area contributed by atoms with Gasteiger partial charge in [-0.3, -0.25) is 0 Å². The lowest BCUT2D eigenvalue weighted by molar-refractivity contribution is -0.202. The highest BCUT2D eigenvalue weighted by atomic mass is 16.7. The summed E-state index contributed by atoms with van der Waals surface area (Å²) >= 11 is 0. The van der Waals surface area contributed by atoms with Crippen LogP contribution < -0.4 is 5.32 Å². The maximum Gasteiger partial charge on any atom is 0.160 e. The number of benzene rings is 1. The molecule has 0 bridgehead atoms. The summed E-state index contributed by atoms with van der Waals surface area (Å²) in [5.74, 6) is 0.304. The molecule has 1 aliphatic heterocycles. The highest BCUT2D eigenvalue weighted by Crippen LogP contribution is 2.27. The number of hydrogen-bond acceptors (Lipinski definition) is 3. The molecule has 1 aromatic rings. The molecule has 20 heavy (non-hydrogen) atoms. The van der Waals surface area contributed by atoms with Crippen LogP contribution in [0.2, 0.25) is 0 Å². The van der Waals surface area contributed by atoms with Crippen molar-refractivity contribution < 1.29 is 9.47 Å². The first-order chi connectivity index (χ1) is 9.85. The molecule has 1 heterocycles. The van der Waals surface area contributed by atoms with E-state index < -0.39 is 0 Å². The molecule has 108 valence electrons. The summed E-state index contributed by atoms with van der Waals surface area (Å²) in [5, 5.41) is 3.50. The minimum Gasteiger partial charge on any atom is -0.352 e. The molecule has 1 aromatic carbocycles. The molecule has 3 nitrogen and oxygen atoms in total. The Labute approximate surface area is 121 Å². The fraction of sp³-hybridized carbons (Fsp3) is 0.412. The maximum atomic E-state index is 5.75. The van der Waals surface area contributed by atoms with Crippen LogP contribution in [0, 0.1) is 5.92 Å². The van der Waals surface area contributed by atoms with E-state index in [9.17, 15) is 0 Å². The summed E-state index contributed by atoms with van der Waals surface area (Å²) in [7, 11) is 0. The standard InChI is InChI=1S/C17H23NO2/c1-3-8-16-19-12-15(13-20-16)17(18-11-4-2)14-9-6-5-7-10-14/h3-7,9-10,15-18H,1-2,8,11-13H2. The quantitative estimate of drug-likeness (QED) is 0.774. The SMILES string of the molecule is C=CCNC(c1ccccc1)C1COC(CC=C)OC1. The van der Waals surface area contributed by atoms with Gasteiger partial charge in [-0.15, -0.1) is 13.2 Å². The van der Waals surface area contributed by atoms with Gasteiger partial charge in [0.15, 0.2) is 6.29 Å². The highest BCUT2D eigenvalue weighted by Gasteiger charge is 2.28. The zero-order valence-electron chi connectivity index (χ0n) is 11.8. The van der Waals surface area contributed by atoms with Crippen molar-refractivity contribution in [1.29, 1.82) is 0 Å². The number of ether oxygens (including phenoxy) is 2. The van der Waals surface area contributed by atoms with E-state index in [0.29, 0.717) is 19.1 Å². The van der Waals surface area contributed by atoms with Crippen LogP contribution in [0.5, 0.6) is 0 Å². The van der Waals surface area contributed by atoms with Crippen molar-refractivity contribution in [2.45, 2.75) is 18.8 Å². The second kappa shape index (κ2) is 8.00. The van der Waals surface area contributed by atoms with Gasteiger partial charge in [-0.2, -0.15) is 0 Å². The molecule has 1 atom stereocenters. The van der Waals surface area contributed by atoms with E-state index in [2.05, 4.69) is 42.7 Å². The Morgan fingerprint density at radius 2 is 1.85 bits per heavy atom. The fourth-order valence-corrected chi connectivity index (χ4v) is 2.45. The molecule has 1 unspecified atom stereocenters. The van der Waals surface area contributed by atoms with Crippen LogP contribution >= 0.6 is 0 Å². The van der Waals surface area contributed by atoms with Crippen LogP contribution in [0.15, 0.2) is 55.6 Å². The monoisotopic (exact) mass is 273 g/mol. The molecular weight excluding hydrogens is 250 g/mol. The second-order valence-electron chi connectivity index (χ2n) is 4.97. The van der Waals surface area contributed by atoms with E-state index in [1.165, 1.54) is 5.56 Å². The third kappa shape index (κ3) is 4.04. The molecular formula is C17H23NO2. The van der Waals surface area contributed by atoms with Crippen molar-refractivity contribution in [2.75, 3.05) is 19.8 Å². The molecule has 2 rings (SSSR count). The second-order valence-corrected chi connectivity index (χ2v) is 4.97. The van der Waals surface area contributed by atoms with Crippen LogP contribution in [-0.2, 0) is 9.47 Å². The molecule has 0 aliphatic carbocycles. The van der Waals surface area contributed by atoms with Crippen LogP contribution in [0.25, 0.3) is 0 Å². The first-order valence-corrected chi connectivity index (χ1v) is 7.08. The van der Waals surface area contributed by atoms with Gasteiger partial charge in [-0.1, -0.05) is 42.5 Å². The summed E-state index contributed by atoms with van der Waals surface area (Å²) in [6.45, 7) is 9.65. The first-order valence-electron chi connectivity index (χ1n) is 7.08.